The first-order chi connectivity index (χ1) is 9.95. The summed E-state index contributed by atoms with van der Waals surface area (Å²) in [6.07, 6.45) is -4.48. The van der Waals surface area contributed by atoms with Gasteiger partial charge in [0.05, 0.1) is 5.56 Å². The molecule has 0 bridgehead atoms. The molecule has 10 heteroatoms. The molecule has 0 saturated carbocycles. The maximum atomic E-state index is 12.6. The molecule has 1 aromatic carbocycles. The lowest BCUT2D eigenvalue weighted by molar-refractivity contribution is -0.137. The summed E-state index contributed by atoms with van der Waals surface area (Å²) in [6.45, 7) is -0.0396. The molecule has 0 aliphatic heterocycles. The minimum absolute atomic E-state index is 0.0115. The van der Waals surface area contributed by atoms with Gasteiger partial charge in [0.1, 0.15) is 5.69 Å². The summed E-state index contributed by atoms with van der Waals surface area (Å²) in [5.74, 6) is -0.226. The molecule has 2 aromatic rings. The largest absolute Gasteiger partial charge is 0.416 e. The van der Waals surface area contributed by atoms with E-state index in [-0.39, 0.29) is 29.5 Å². The monoisotopic (exact) mass is 301 g/mol. The van der Waals surface area contributed by atoms with E-state index in [1.807, 2.05) is 0 Å². The molecule has 0 atom stereocenters. The van der Waals surface area contributed by atoms with E-state index in [1.54, 1.807) is 0 Å². The molecule has 0 aliphatic rings. The Labute approximate surface area is 116 Å². The summed E-state index contributed by atoms with van der Waals surface area (Å²) in [5.41, 5.74) is 4.81. The van der Waals surface area contributed by atoms with Crippen molar-refractivity contribution in [2.24, 2.45) is 10.9 Å². The highest BCUT2D eigenvalue weighted by atomic mass is 19.4. The molecule has 0 saturated heterocycles. The highest BCUT2D eigenvalue weighted by Gasteiger charge is 2.30. The second-order valence-electron chi connectivity index (χ2n) is 3.92. The summed E-state index contributed by atoms with van der Waals surface area (Å²) < 4.78 is 42.3. The van der Waals surface area contributed by atoms with Crippen LogP contribution in [0.25, 0.3) is 0 Å². The number of benzene rings is 1. The summed E-state index contributed by atoms with van der Waals surface area (Å²) in [7, 11) is 0. The molecule has 0 amide bonds. The van der Waals surface area contributed by atoms with Crippen molar-refractivity contribution < 1.29 is 23.0 Å². The van der Waals surface area contributed by atoms with Crippen LogP contribution in [0.15, 0.2) is 34.1 Å². The van der Waals surface area contributed by atoms with E-state index >= 15 is 0 Å². The van der Waals surface area contributed by atoms with Gasteiger partial charge in [-0.2, -0.15) is 13.2 Å². The Balaban J connectivity index is 2.28. The van der Waals surface area contributed by atoms with Gasteiger partial charge in [-0.05, 0) is 23.4 Å². The normalized spacial score (nSPS) is 12.5. The van der Waals surface area contributed by atoms with Crippen molar-refractivity contribution in [3.8, 4) is 0 Å². The molecule has 4 N–H and O–H groups in total. The van der Waals surface area contributed by atoms with Crippen LogP contribution < -0.4 is 11.1 Å². The molecule has 7 nitrogen and oxygen atoms in total. The molecular weight excluding hydrogens is 291 g/mol. The van der Waals surface area contributed by atoms with Crippen LogP contribution in [0.2, 0.25) is 0 Å². The first kappa shape index (κ1) is 14.8. The number of nitrogens with one attached hydrogen (secondary N) is 1. The molecular formula is C11H10F3N5O2. The van der Waals surface area contributed by atoms with Crippen LogP contribution in [0.4, 0.5) is 18.9 Å². The fraction of sp³-hybridized carbons (Fsp3) is 0.182. The van der Waals surface area contributed by atoms with Gasteiger partial charge in [-0.15, -0.1) is 0 Å². The molecule has 0 spiro atoms. The summed E-state index contributed by atoms with van der Waals surface area (Å²) in [4.78, 5) is 0. The molecule has 1 heterocycles. The minimum atomic E-state index is -4.48. The Kier molecular flexibility index (Phi) is 4.08. The van der Waals surface area contributed by atoms with Gasteiger partial charge in [-0.3, -0.25) is 0 Å². The van der Waals surface area contributed by atoms with E-state index in [0.717, 1.165) is 12.1 Å². The first-order valence-corrected chi connectivity index (χ1v) is 5.64. The van der Waals surface area contributed by atoms with E-state index in [4.69, 9.17) is 10.9 Å². The Morgan fingerprint density at radius 3 is 2.76 bits per heavy atom. The minimum Gasteiger partial charge on any atom is -0.409 e. The third kappa shape index (κ3) is 3.28. The topological polar surface area (TPSA) is 110 Å². The van der Waals surface area contributed by atoms with E-state index in [9.17, 15) is 13.2 Å². The summed E-state index contributed by atoms with van der Waals surface area (Å²) in [5, 5.41) is 21.4. The van der Waals surface area contributed by atoms with Crippen LogP contribution in [0, 0.1) is 0 Å². The number of aromatic nitrogens is 2. The number of rotatable bonds is 3. The second-order valence-corrected chi connectivity index (χ2v) is 3.92. The zero-order chi connectivity index (χ0) is 15.5. The van der Waals surface area contributed by atoms with Crippen molar-refractivity contribution in [1.82, 2.24) is 10.3 Å². The zero-order valence-corrected chi connectivity index (χ0v) is 10.4. The van der Waals surface area contributed by atoms with Gasteiger partial charge in [0.2, 0.25) is 5.84 Å². The molecule has 0 unspecified atom stereocenters. The standard InChI is InChI=1S/C11H10F3N5O2/c12-11(13,14)6-2-1-3-7(4-6)16-10(17-20)9-8(5-15)18-21-19-9/h1-4,20H,5,15H2,(H,16,17). The highest BCUT2D eigenvalue weighted by molar-refractivity contribution is 6.07. The molecule has 0 aliphatic carbocycles. The fourth-order valence-electron chi connectivity index (χ4n) is 1.56. The SMILES string of the molecule is NCc1nonc1C(=NO)Nc1cccc(C(F)(F)F)c1. The van der Waals surface area contributed by atoms with E-state index < -0.39 is 11.7 Å². The molecule has 0 radical (unpaired) electrons. The van der Waals surface area contributed by atoms with Crippen molar-refractivity contribution in [2.75, 3.05) is 5.32 Å². The number of amidine groups is 1. The van der Waals surface area contributed by atoms with Crippen molar-refractivity contribution in [3.63, 3.8) is 0 Å². The van der Waals surface area contributed by atoms with Gasteiger partial charge >= 0.3 is 6.18 Å². The predicted molar refractivity (Wildman–Crippen MR) is 65.6 cm³/mol. The van der Waals surface area contributed by atoms with Gasteiger partial charge in [0, 0.05) is 12.2 Å². The first-order valence-electron chi connectivity index (χ1n) is 5.64. The van der Waals surface area contributed by atoms with Gasteiger partial charge in [0.25, 0.3) is 0 Å². The quantitative estimate of drug-likeness (QED) is 0.345. The number of oxime groups is 1. The van der Waals surface area contributed by atoms with Crippen molar-refractivity contribution in [2.45, 2.75) is 12.7 Å². The van der Waals surface area contributed by atoms with Gasteiger partial charge < -0.3 is 16.3 Å². The van der Waals surface area contributed by atoms with Crippen LogP contribution in [0.5, 0.6) is 0 Å². The zero-order valence-electron chi connectivity index (χ0n) is 10.4. The molecule has 112 valence electrons. The fourth-order valence-corrected chi connectivity index (χ4v) is 1.56. The Morgan fingerprint density at radius 1 is 1.38 bits per heavy atom. The highest BCUT2D eigenvalue weighted by Crippen LogP contribution is 2.30. The maximum absolute atomic E-state index is 12.6. The maximum Gasteiger partial charge on any atom is 0.416 e. The van der Waals surface area contributed by atoms with Crippen LogP contribution in [0.1, 0.15) is 17.0 Å². The lowest BCUT2D eigenvalue weighted by atomic mass is 10.2. The lowest BCUT2D eigenvalue weighted by Crippen LogP contribution is -2.18. The van der Waals surface area contributed by atoms with Crippen LogP contribution in [-0.2, 0) is 12.7 Å². The smallest absolute Gasteiger partial charge is 0.409 e. The lowest BCUT2D eigenvalue weighted by Gasteiger charge is -2.10. The van der Waals surface area contributed by atoms with Gasteiger partial charge in [0.15, 0.2) is 5.69 Å². The predicted octanol–water partition coefficient (Wildman–Crippen LogP) is 1.79. The number of halogens is 3. The number of anilines is 1. The number of nitrogens with two attached hydrogens (primary N) is 1. The Hall–Kier alpha value is -2.62. The second kappa shape index (κ2) is 5.79. The van der Waals surface area contributed by atoms with Crippen LogP contribution in [-0.4, -0.2) is 21.4 Å². The van der Waals surface area contributed by atoms with Crippen molar-refractivity contribution in [3.05, 3.63) is 41.2 Å². The molecule has 1 aromatic heterocycles. The number of nitrogens with zero attached hydrogens (tertiary/aromatic N) is 3. The average molecular weight is 301 g/mol. The average Bonchev–Trinajstić information content (AvgIpc) is 2.92. The number of hydrogen-bond acceptors (Lipinski definition) is 6. The molecule has 0 fully saturated rings. The number of hydrogen-bond donors (Lipinski definition) is 3. The molecule has 21 heavy (non-hydrogen) atoms. The van der Waals surface area contributed by atoms with Crippen molar-refractivity contribution in [1.29, 1.82) is 0 Å². The van der Waals surface area contributed by atoms with Gasteiger partial charge in [-0.1, -0.05) is 16.4 Å². The molecule has 2 rings (SSSR count). The summed E-state index contributed by atoms with van der Waals surface area (Å²) in [6, 6.07) is 4.37. The van der Waals surface area contributed by atoms with E-state index in [0.29, 0.717) is 0 Å². The van der Waals surface area contributed by atoms with Crippen LogP contribution in [0.3, 0.4) is 0 Å². The van der Waals surface area contributed by atoms with Crippen LogP contribution >= 0.6 is 0 Å². The van der Waals surface area contributed by atoms with E-state index in [1.165, 1.54) is 12.1 Å². The third-order valence-electron chi connectivity index (χ3n) is 2.53. The third-order valence-corrected chi connectivity index (χ3v) is 2.53. The Bertz CT molecular complexity index is 653. The number of alkyl halides is 3. The van der Waals surface area contributed by atoms with Crippen molar-refractivity contribution >= 4 is 11.5 Å². The van der Waals surface area contributed by atoms with E-state index in [2.05, 4.69) is 25.4 Å². The van der Waals surface area contributed by atoms with Gasteiger partial charge in [-0.25, -0.2) is 4.63 Å². The Morgan fingerprint density at radius 2 is 2.14 bits per heavy atom. The summed E-state index contributed by atoms with van der Waals surface area (Å²) >= 11 is 0.